The van der Waals surface area contributed by atoms with E-state index in [1.165, 1.54) is 7.11 Å². The molecule has 1 atom stereocenters. The van der Waals surface area contributed by atoms with Crippen LogP contribution in [0, 0.1) is 0 Å². The fourth-order valence-corrected chi connectivity index (χ4v) is 4.53. The number of piperazine rings is 1. The fourth-order valence-electron chi connectivity index (χ4n) is 4.53. The van der Waals surface area contributed by atoms with Crippen LogP contribution in [0.25, 0.3) is 0 Å². The molecule has 1 saturated heterocycles. The minimum absolute atomic E-state index is 0.357. The summed E-state index contributed by atoms with van der Waals surface area (Å²) in [6, 6.07) is 14.4. The van der Waals surface area contributed by atoms with Crippen LogP contribution in [0.15, 0.2) is 59.8 Å². The Kier molecular flexibility index (Phi) is 7.77. The third kappa shape index (κ3) is 5.51. The lowest BCUT2D eigenvalue weighted by Crippen LogP contribution is -2.51. The average Bonchev–Trinajstić information content (AvgIpc) is 2.89. The van der Waals surface area contributed by atoms with Crippen LogP contribution in [0.2, 0.25) is 0 Å². The third-order valence-corrected chi connectivity index (χ3v) is 6.25. The molecule has 0 spiro atoms. The van der Waals surface area contributed by atoms with Gasteiger partial charge in [0.05, 0.1) is 38.1 Å². The number of nitrogens with one attached hydrogen (secondary N) is 2. The Morgan fingerprint density at radius 1 is 1.06 bits per heavy atom. The molecule has 1 fully saturated rings. The number of benzene rings is 2. The molecule has 9 nitrogen and oxygen atoms in total. The Labute approximate surface area is 205 Å². The van der Waals surface area contributed by atoms with Gasteiger partial charge in [-0.1, -0.05) is 24.3 Å². The lowest BCUT2D eigenvalue weighted by atomic mass is 9.94. The third-order valence-electron chi connectivity index (χ3n) is 6.25. The second kappa shape index (κ2) is 11.1. The van der Waals surface area contributed by atoms with Gasteiger partial charge in [-0.15, -0.1) is 0 Å². The quantitative estimate of drug-likeness (QED) is 0.562. The molecular weight excluding hydrogens is 448 g/mol. The van der Waals surface area contributed by atoms with Crippen molar-refractivity contribution in [2.24, 2.45) is 0 Å². The van der Waals surface area contributed by atoms with E-state index < -0.39 is 12.0 Å². The lowest BCUT2D eigenvalue weighted by Gasteiger charge is -2.38. The summed E-state index contributed by atoms with van der Waals surface area (Å²) in [5.74, 6) is 1.04. The Hall–Kier alpha value is -3.72. The monoisotopic (exact) mass is 480 g/mol. The number of hydrogen-bond donors (Lipinski definition) is 2. The maximum absolute atomic E-state index is 12.9. The number of carbonyl (C=O) groups is 2. The highest BCUT2D eigenvalue weighted by atomic mass is 16.5. The molecule has 4 rings (SSSR count). The van der Waals surface area contributed by atoms with Gasteiger partial charge < -0.3 is 29.7 Å². The fraction of sp³-hybridized carbons (Fsp3) is 0.385. The summed E-state index contributed by atoms with van der Waals surface area (Å²) in [6.45, 7) is 6.17. The first kappa shape index (κ1) is 24.4. The van der Waals surface area contributed by atoms with Crippen molar-refractivity contribution in [2.45, 2.75) is 13.0 Å². The normalized spacial score (nSPS) is 18.5. The number of rotatable bonds is 8. The minimum Gasteiger partial charge on any atom is -0.497 e. The van der Waals surface area contributed by atoms with Gasteiger partial charge in [0.1, 0.15) is 11.5 Å². The minimum atomic E-state index is -0.638. The van der Waals surface area contributed by atoms with Crippen molar-refractivity contribution >= 4 is 17.7 Å². The molecule has 0 radical (unpaired) electrons. The Balaban J connectivity index is 1.54. The lowest BCUT2D eigenvalue weighted by molar-refractivity contribution is -0.136. The van der Waals surface area contributed by atoms with E-state index in [0.717, 1.165) is 43.2 Å². The Morgan fingerprint density at radius 2 is 1.83 bits per heavy atom. The SMILES string of the molecule is CCOc1ccccc1N1CCN(CC2=C(C(=O)OC)C(c3cccc(OC)c3)NC(=O)N2)CC1. The second-order valence-corrected chi connectivity index (χ2v) is 8.36. The molecule has 35 heavy (non-hydrogen) atoms. The number of carbonyl (C=O) groups excluding carboxylic acids is 2. The zero-order chi connectivity index (χ0) is 24.8. The summed E-state index contributed by atoms with van der Waals surface area (Å²) >= 11 is 0. The van der Waals surface area contributed by atoms with Crippen molar-refractivity contribution < 1.29 is 23.8 Å². The molecule has 0 bridgehead atoms. The van der Waals surface area contributed by atoms with Gasteiger partial charge in [-0.25, -0.2) is 9.59 Å². The summed E-state index contributed by atoms with van der Waals surface area (Å²) < 4.78 is 16.2. The Bertz CT molecular complexity index is 1090. The van der Waals surface area contributed by atoms with Gasteiger partial charge in [0.2, 0.25) is 0 Å². The molecule has 2 aliphatic rings. The highest BCUT2D eigenvalue weighted by Crippen LogP contribution is 2.31. The topological polar surface area (TPSA) is 92.4 Å². The van der Waals surface area contributed by atoms with Crippen LogP contribution in [0.4, 0.5) is 10.5 Å². The van der Waals surface area contributed by atoms with Crippen molar-refractivity contribution in [3.63, 3.8) is 0 Å². The molecular formula is C26H32N4O5. The van der Waals surface area contributed by atoms with Crippen molar-refractivity contribution in [3.8, 4) is 11.5 Å². The van der Waals surface area contributed by atoms with Gasteiger partial charge in [-0.2, -0.15) is 0 Å². The van der Waals surface area contributed by atoms with Crippen molar-refractivity contribution in [2.75, 3.05) is 58.5 Å². The van der Waals surface area contributed by atoms with Gasteiger partial charge >= 0.3 is 12.0 Å². The first-order valence-electron chi connectivity index (χ1n) is 11.8. The van der Waals surface area contributed by atoms with Crippen molar-refractivity contribution in [1.82, 2.24) is 15.5 Å². The van der Waals surface area contributed by atoms with Crippen LogP contribution in [0.5, 0.6) is 11.5 Å². The average molecular weight is 481 g/mol. The summed E-state index contributed by atoms with van der Waals surface area (Å²) in [6.07, 6.45) is 0. The molecule has 2 aromatic rings. The molecule has 2 aliphatic heterocycles. The summed E-state index contributed by atoms with van der Waals surface area (Å²) in [5.41, 5.74) is 2.77. The first-order chi connectivity index (χ1) is 17.0. The smallest absolute Gasteiger partial charge is 0.338 e. The van der Waals surface area contributed by atoms with Crippen LogP contribution >= 0.6 is 0 Å². The van der Waals surface area contributed by atoms with E-state index in [4.69, 9.17) is 14.2 Å². The van der Waals surface area contributed by atoms with Gasteiger partial charge in [-0.05, 0) is 36.8 Å². The van der Waals surface area contributed by atoms with Crippen molar-refractivity contribution in [3.05, 3.63) is 65.4 Å². The molecule has 2 amide bonds. The standard InChI is InChI=1S/C26H32N4O5/c1-4-35-22-11-6-5-10-21(22)30-14-12-29(13-15-30)17-20-23(25(31)34-3)24(28-26(32)27-20)18-8-7-9-19(16-18)33-2/h5-11,16,24H,4,12-15,17H2,1-3H3,(H2,27,28,32). The van der Waals surface area contributed by atoms with E-state index in [9.17, 15) is 9.59 Å². The predicted octanol–water partition coefficient (Wildman–Crippen LogP) is 2.70. The number of amides is 2. The number of esters is 1. The zero-order valence-corrected chi connectivity index (χ0v) is 20.4. The number of nitrogens with zero attached hydrogens (tertiary/aromatic N) is 2. The molecule has 0 aromatic heterocycles. The van der Waals surface area contributed by atoms with Gasteiger partial charge in [-0.3, -0.25) is 4.90 Å². The maximum Gasteiger partial charge on any atom is 0.338 e. The van der Waals surface area contributed by atoms with Gasteiger partial charge in [0.15, 0.2) is 0 Å². The molecule has 1 unspecified atom stereocenters. The number of anilines is 1. The number of methoxy groups -OCH3 is 2. The summed E-state index contributed by atoms with van der Waals surface area (Å²) in [7, 11) is 2.93. The summed E-state index contributed by atoms with van der Waals surface area (Å²) in [5, 5.41) is 5.71. The number of urea groups is 1. The van der Waals surface area contributed by atoms with E-state index in [0.29, 0.717) is 30.2 Å². The van der Waals surface area contributed by atoms with Crippen molar-refractivity contribution in [1.29, 1.82) is 0 Å². The molecule has 0 saturated carbocycles. The van der Waals surface area contributed by atoms with Crippen LogP contribution in [-0.2, 0) is 9.53 Å². The highest BCUT2D eigenvalue weighted by Gasteiger charge is 2.34. The Morgan fingerprint density at radius 3 is 2.54 bits per heavy atom. The largest absolute Gasteiger partial charge is 0.497 e. The molecule has 186 valence electrons. The maximum atomic E-state index is 12.9. The van der Waals surface area contributed by atoms with Crippen LogP contribution in [0.3, 0.4) is 0 Å². The van der Waals surface area contributed by atoms with Crippen LogP contribution in [-0.4, -0.2) is 70.5 Å². The molecule has 0 aliphatic carbocycles. The van der Waals surface area contributed by atoms with Gasteiger partial charge in [0, 0.05) is 38.4 Å². The van der Waals surface area contributed by atoms with E-state index >= 15 is 0 Å². The predicted molar refractivity (Wildman–Crippen MR) is 133 cm³/mol. The number of para-hydroxylation sites is 2. The molecule has 2 N–H and O–H groups in total. The highest BCUT2D eigenvalue weighted by molar-refractivity contribution is 5.95. The van der Waals surface area contributed by atoms with E-state index in [-0.39, 0.29) is 6.03 Å². The van der Waals surface area contributed by atoms with Gasteiger partial charge in [0.25, 0.3) is 0 Å². The molecule has 2 heterocycles. The van der Waals surface area contributed by atoms with E-state index in [2.05, 4.69) is 26.5 Å². The number of ether oxygens (including phenoxy) is 3. The number of hydrogen-bond acceptors (Lipinski definition) is 7. The van der Waals surface area contributed by atoms with Crippen LogP contribution in [0.1, 0.15) is 18.5 Å². The second-order valence-electron chi connectivity index (χ2n) is 8.36. The molecule has 9 heteroatoms. The molecule has 2 aromatic carbocycles. The van der Waals surface area contributed by atoms with E-state index in [1.807, 2.05) is 49.4 Å². The van der Waals surface area contributed by atoms with Crippen LogP contribution < -0.4 is 25.0 Å². The zero-order valence-electron chi connectivity index (χ0n) is 20.4. The van der Waals surface area contributed by atoms with E-state index in [1.54, 1.807) is 7.11 Å². The first-order valence-corrected chi connectivity index (χ1v) is 11.8. The summed E-state index contributed by atoms with van der Waals surface area (Å²) in [4.78, 5) is 30.0.